The highest BCUT2D eigenvalue weighted by atomic mass is 32.2. The Morgan fingerprint density at radius 3 is 2.89 bits per heavy atom. The van der Waals surface area contributed by atoms with Crippen molar-refractivity contribution < 1.29 is 9.53 Å². The highest BCUT2D eigenvalue weighted by Gasteiger charge is 2.04. The van der Waals surface area contributed by atoms with Gasteiger partial charge < -0.3 is 10.1 Å². The standard InChI is InChI=1S/C14H21NO2S/c1-3-4-9-18-11-14(16)15-10-12-7-5-6-8-13(12)17-2/h5-8H,3-4,9-11H2,1-2H3,(H,15,16). The van der Waals surface area contributed by atoms with Crippen LogP contribution in [-0.2, 0) is 11.3 Å². The van der Waals surface area contributed by atoms with Gasteiger partial charge in [-0.2, -0.15) is 11.8 Å². The van der Waals surface area contributed by atoms with E-state index in [1.165, 1.54) is 12.8 Å². The molecule has 3 nitrogen and oxygen atoms in total. The molecule has 0 radical (unpaired) electrons. The predicted octanol–water partition coefficient (Wildman–Crippen LogP) is 2.84. The number of nitrogens with one attached hydrogen (secondary N) is 1. The molecule has 1 rings (SSSR count). The Hall–Kier alpha value is -1.16. The summed E-state index contributed by atoms with van der Waals surface area (Å²) in [5, 5.41) is 2.91. The van der Waals surface area contributed by atoms with Crippen molar-refractivity contribution in [3.63, 3.8) is 0 Å². The molecule has 1 aromatic carbocycles. The SMILES string of the molecule is CCCCSCC(=O)NCc1ccccc1OC. The predicted molar refractivity (Wildman–Crippen MR) is 77.1 cm³/mol. The van der Waals surface area contributed by atoms with Crippen LogP contribution in [0.2, 0.25) is 0 Å². The number of hydrogen-bond acceptors (Lipinski definition) is 3. The van der Waals surface area contributed by atoms with Crippen LogP contribution in [0.1, 0.15) is 25.3 Å². The third kappa shape index (κ3) is 5.45. The number of carbonyl (C=O) groups excluding carboxylic acids is 1. The van der Waals surface area contributed by atoms with Gasteiger partial charge in [0.1, 0.15) is 5.75 Å². The van der Waals surface area contributed by atoms with E-state index in [0.29, 0.717) is 12.3 Å². The number of ether oxygens (including phenoxy) is 1. The molecule has 4 heteroatoms. The van der Waals surface area contributed by atoms with Crippen LogP contribution in [0, 0.1) is 0 Å². The smallest absolute Gasteiger partial charge is 0.230 e. The molecule has 0 unspecified atom stereocenters. The van der Waals surface area contributed by atoms with Crippen LogP contribution in [0.15, 0.2) is 24.3 Å². The molecule has 0 aliphatic rings. The Morgan fingerprint density at radius 2 is 2.17 bits per heavy atom. The molecule has 0 aliphatic carbocycles. The van der Waals surface area contributed by atoms with E-state index in [2.05, 4.69) is 12.2 Å². The van der Waals surface area contributed by atoms with E-state index in [-0.39, 0.29) is 5.91 Å². The largest absolute Gasteiger partial charge is 0.496 e. The molecule has 18 heavy (non-hydrogen) atoms. The van der Waals surface area contributed by atoms with Gasteiger partial charge in [-0.15, -0.1) is 0 Å². The summed E-state index contributed by atoms with van der Waals surface area (Å²) in [7, 11) is 1.64. The van der Waals surface area contributed by atoms with E-state index < -0.39 is 0 Å². The molecule has 0 spiro atoms. The molecule has 100 valence electrons. The van der Waals surface area contributed by atoms with E-state index >= 15 is 0 Å². The van der Waals surface area contributed by atoms with E-state index in [9.17, 15) is 4.79 Å². The van der Waals surface area contributed by atoms with Crippen LogP contribution in [0.4, 0.5) is 0 Å². The molecule has 1 aromatic rings. The highest BCUT2D eigenvalue weighted by molar-refractivity contribution is 7.99. The monoisotopic (exact) mass is 267 g/mol. The maximum atomic E-state index is 11.6. The molecular weight excluding hydrogens is 246 g/mol. The second-order valence-electron chi connectivity index (χ2n) is 3.99. The second-order valence-corrected chi connectivity index (χ2v) is 5.10. The molecule has 0 bridgehead atoms. The van der Waals surface area contributed by atoms with Crippen LogP contribution in [0.25, 0.3) is 0 Å². The lowest BCUT2D eigenvalue weighted by Crippen LogP contribution is -2.24. The quantitative estimate of drug-likeness (QED) is 0.736. The zero-order valence-corrected chi connectivity index (χ0v) is 11.9. The lowest BCUT2D eigenvalue weighted by molar-refractivity contribution is -0.118. The zero-order chi connectivity index (χ0) is 13.2. The number of amides is 1. The number of thioether (sulfide) groups is 1. The normalized spacial score (nSPS) is 10.1. The second kappa shape index (κ2) is 8.86. The van der Waals surface area contributed by atoms with Crippen LogP contribution in [0.5, 0.6) is 5.75 Å². The van der Waals surface area contributed by atoms with Gasteiger partial charge in [-0.1, -0.05) is 31.5 Å². The van der Waals surface area contributed by atoms with Crippen molar-refractivity contribution in [2.24, 2.45) is 0 Å². The molecule has 0 atom stereocenters. The van der Waals surface area contributed by atoms with Gasteiger partial charge in [-0.3, -0.25) is 4.79 Å². The highest BCUT2D eigenvalue weighted by Crippen LogP contribution is 2.16. The van der Waals surface area contributed by atoms with Crippen LogP contribution in [-0.4, -0.2) is 24.5 Å². The van der Waals surface area contributed by atoms with Gasteiger partial charge in [0, 0.05) is 12.1 Å². The Balaban J connectivity index is 2.29. The molecule has 1 amide bonds. The van der Waals surface area contributed by atoms with Gasteiger partial charge in [0.25, 0.3) is 0 Å². The van der Waals surface area contributed by atoms with Gasteiger partial charge in [0.2, 0.25) is 5.91 Å². The van der Waals surface area contributed by atoms with E-state index in [0.717, 1.165) is 17.1 Å². The topological polar surface area (TPSA) is 38.3 Å². The van der Waals surface area contributed by atoms with Gasteiger partial charge in [0.05, 0.1) is 12.9 Å². The first-order chi connectivity index (χ1) is 8.77. The molecular formula is C14H21NO2S. The first kappa shape index (κ1) is 14.9. The molecule has 1 N–H and O–H groups in total. The van der Waals surface area contributed by atoms with E-state index in [4.69, 9.17) is 4.74 Å². The summed E-state index contributed by atoms with van der Waals surface area (Å²) >= 11 is 1.69. The first-order valence-electron chi connectivity index (χ1n) is 6.24. The molecule has 0 saturated heterocycles. The van der Waals surface area contributed by atoms with Gasteiger partial charge in [-0.05, 0) is 18.2 Å². The maximum absolute atomic E-state index is 11.6. The van der Waals surface area contributed by atoms with Crippen LogP contribution in [0.3, 0.4) is 0 Å². The maximum Gasteiger partial charge on any atom is 0.230 e. The molecule has 0 aliphatic heterocycles. The number of benzene rings is 1. The Morgan fingerprint density at radius 1 is 1.39 bits per heavy atom. The van der Waals surface area contributed by atoms with Gasteiger partial charge in [-0.25, -0.2) is 0 Å². The summed E-state index contributed by atoms with van der Waals surface area (Å²) < 4.78 is 5.23. The van der Waals surface area contributed by atoms with Crippen LogP contribution < -0.4 is 10.1 Å². The average molecular weight is 267 g/mol. The summed E-state index contributed by atoms with van der Waals surface area (Å²) in [4.78, 5) is 11.6. The number of unbranched alkanes of at least 4 members (excludes halogenated alkanes) is 1. The number of rotatable bonds is 8. The van der Waals surface area contributed by atoms with Crippen molar-refractivity contribution in [1.29, 1.82) is 0 Å². The van der Waals surface area contributed by atoms with Gasteiger partial charge in [0.15, 0.2) is 0 Å². The van der Waals surface area contributed by atoms with E-state index in [1.807, 2.05) is 24.3 Å². The number of hydrogen-bond donors (Lipinski definition) is 1. The Kier molecular flexibility index (Phi) is 7.34. The summed E-state index contributed by atoms with van der Waals surface area (Å²) in [5.74, 6) is 2.49. The minimum Gasteiger partial charge on any atom is -0.496 e. The fourth-order valence-corrected chi connectivity index (χ4v) is 2.43. The van der Waals surface area contributed by atoms with Crippen molar-refractivity contribution in [2.75, 3.05) is 18.6 Å². The summed E-state index contributed by atoms with van der Waals surface area (Å²) in [6, 6.07) is 7.73. The lowest BCUT2D eigenvalue weighted by Gasteiger charge is -2.09. The summed E-state index contributed by atoms with van der Waals surface area (Å²) in [5.41, 5.74) is 1.01. The minimum atomic E-state index is 0.0852. The fourth-order valence-electron chi connectivity index (χ4n) is 1.51. The summed E-state index contributed by atoms with van der Waals surface area (Å²) in [6.45, 7) is 2.68. The van der Waals surface area contributed by atoms with Crippen molar-refractivity contribution in [1.82, 2.24) is 5.32 Å². The molecule has 0 saturated carbocycles. The number of methoxy groups -OCH3 is 1. The zero-order valence-electron chi connectivity index (χ0n) is 11.1. The van der Waals surface area contributed by atoms with E-state index in [1.54, 1.807) is 18.9 Å². The average Bonchev–Trinajstić information content (AvgIpc) is 2.41. The Bertz CT molecular complexity index is 369. The molecule has 0 heterocycles. The number of carbonyl (C=O) groups is 1. The van der Waals surface area contributed by atoms with Crippen LogP contribution >= 0.6 is 11.8 Å². The number of para-hydroxylation sites is 1. The van der Waals surface area contributed by atoms with Gasteiger partial charge >= 0.3 is 0 Å². The third-order valence-electron chi connectivity index (χ3n) is 2.54. The van der Waals surface area contributed by atoms with Crippen molar-refractivity contribution >= 4 is 17.7 Å². The molecule has 0 fully saturated rings. The lowest BCUT2D eigenvalue weighted by atomic mass is 10.2. The van der Waals surface area contributed by atoms with Crippen molar-refractivity contribution in [2.45, 2.75) is 26.3 Å². The molecule has 0 aromatic heterocycles. The minimum absolute atomic E-state index is 0.0852. The third-order valence-corrected chi connectivity index (χ3v) is 3.59. The fraction of sp³-hybridized carbons (Fsp3) is 0.500. The summed E-state index contributed by atoms with van der Waals surface area (Å²) in [6.07, 6.45) is 2.35. The van der Waals surface area contributed by atoms with Crippen molar-refractivity contribution in [3.8, 4) is 5.75 Å². The Labute approximate surface area is 113 Å². The van der Waals surface area contributed by atoms with Crippen molar-refractivity contribution in [3.05, 3.63) is 29.8 Å². The first-order valence-corrected chi connectivity index (χ1v) is 7.39.